The Kier molecular flexibility index (Phi) is 1.43. The van der Waals surface area contributed by atoms with Crippen molar-refractivity contribution in [1.29, 1.82) is 0 Å². The maximum absolute atomic E-state index is 8.59. The number of aliphatic hydroxyl groups is 1. The standard InChI is InChI=1S/C8H8O3/c9-3-1-6-5-8-7(11-6)2-4-10-8/h2,4-5,9H,1,3H2. The third kappa shape index (κ3) is 1.03. The fourth-order valence-corrected chi connectivity index (χ4v) is 1.05. The summed E-state index contributed by atoms with van der Waals surface area (Å²) in [7, 11) is 0. The molecule has 1 N–H and O–H groups in total. The van der Waals surface area contributed by atoms with Crippen molar-refractivity contribution in [1.82, 2.24) is 0 Å². The van der Waals surface area contributed by atoms with Gasteiger partial charge in [0.2, 0.25) is 0 Å². The van der Waals surface area contributed by atoms with E-state index in [0.29, 0.717) is 6.42 Å². The third-order valence-corrected chi connectivity index (χ3v) is 1.55. The molecule has 11 heavy (non-hydrogen) atoms. The Morgan fingerprint density at radius 3 is 3.00 bits per heavy atom. The number of hydrogen-bond donors (Lipinski definition) is 1. The highest BCUT2D eigenvalue weighted by Crippen LogP contribution is 2.19. The quantitative estimate of drug-likeness (QED) is 0.710. The zero-order chi connectivity index (χ0) is 7.68. The molecule has 0 aliphatic carbocycles. The summed E-state index contributed by atoms with van der Waals surface area (Å²) in [5.41, 5.74) is 1.49. The third-order valence-electron chi connectivity index (χ3n) is 1.55. The Labute approximate surface area is 63.2 Å². The highest BCUT2D eigenvalue weighted by atomic mass is 16.4. The number of furan rings is 2. The molecular formula is C8H8O3. The second-order valence-electron chi connectivity index (χ2n) is 2.34. The van der Waals surface area contributed by atoms with Crippen molar-refractivity contribution >= 4 is 11.2 Å². The van der Waals surface area contributed by atoms with Gasteiger partial charge in [0.1, 0.15) is 5.76 Å². The number of rotatable bonds is 2. The van der Waals surface area contributed by atoms with E-state index < -0.39 is 0 Å². The molecule has 0 saturated carbocycles. The second-order valence-corrected chi connectivity index (χ2v) is 2.34. The van der Waals surface area contributed by atoms with E-state index >= 15 is 0 Å². The molecule has 3 nitrogen and oxygen atoms in total. The fourth-order valence-electron chi connectivity index (χ4n) is 1.05. The van der Waals surface area contributed by atoms with Crippen LogP contribution in [0.15, 0.2) is 27.2 Å². The predicted molar refractivity (Wildman–Crippen MR) is 39.3 cm³/mol. The zero-order valence-electron chi connectivity index (χ0n) is 5.91. The smallest absolute Gasteiger partial charge is 0.172 e. The molecule has 2 aromatic rings. The van der Waals surface area contributed by atoms with Gasteiger partial charge in [0.05, 0.1) is 12.9 Å². The lowest BCUT2D eigenvalue weighted by atomic mass is 10.3. The molecule has 2 aromatic heterocycles. The summed E-state index contributed by atoms with van der Waals surface area (Å²) in [5, 5.41) is 8.59. The largest absolute Gasteiger partial charge is 0.461 e. The van der Waals surface area contributed by atoms with Gasteiger partial charge in [-0.15, -0.1) is 0 Å². The highest BCUT2D eigenvalue weighted by molar-refractivity contribution is 5.71. The summed E-state index contributed by atoms with van der Waals surface area (Å²) in [6.07, 6.45) is 2.13. The van der Waals surface area contributed by atoms with E-state index in [4.69, 9.17) is 13.9 Å². The van der Waals surface area contributed by atoms with Gasteiger partial charge < -0.3 is 13.9 Å². The first-order chi connectivity index (χ1) is 5.40. The minimum absolute atomic E-state index is 0.107. The molecular weight excluding hydrogens is 144 g/mol. The number of hydrogen-bond acceptors (Lipinski definition) is 3. The molecule has 0 aliphatic heterocycles. The van der Waals surface area contributed by atoms with E-state index in [1.807, 2.05) is 0 Å². The van der Waals surface area contributed by atoms with Gasteiger partial charge in [0, 0.05) is 18.6 Å². The molecule has 0 atom stereocenters. The van der Waals surface area contributed by atoms with Gasteiger partial charge in [-0.25, -0.2) is 0 Å². The van der Waals surface area contributed by atoms with Crippen LogP contribution >= 0.6 is 0 Å². The van der Waals surface area contributed by atoms with Crippen molar-refractivity contribution in [3.63, 3.8) is 0 Å². The van der Waals surface area contributed by atoms with Crippen molar-refractivity contribution in [2.75, 3.05) is 6.61 Å². The first-order valence-electron chi connectivity index (χ1n) is 3.47. The average Bonchev–Trinajstić information content (AvgIpc) is 2.46. The monoisotopic (exact) mass is 152 g/mol. The van der Waals surface area contributed by atoms with Gasteiger partial charge in [-0.05, 0) is 0 Å². The Balaban J connectivity index is 2.42. The topological polar surface area (TPSA) is 46.5 Å². The summed E-state index contributed by atoms with van der Waals surface area (Å²) in [5.74, 6) is 0.766. The van der Waals surface area contributed by atoms with E-state index in [-0.39, 0.29) is 6.61 Å². The van der Waals surface area contributed by atoms with Crippen molar-refractivity contribution in [2.24, 2.45) is 0 Å². The maximum Gasteiger partial charge on any atom is 0.172 e. The molecule has 0 aliphatic rings. The molecule has 0 unspecified atom stereocenters. The van der Waals surface area contributed by atoms with Crippen LogP contribution < -0.4 is 0 Å². The van der Waals surface area contributed by atoms with Crippen molar-refractivity contribution in [2.45, 2.75) is 6.42 Å². The lowest BCUT2D eigenvalue weighted by Gasteiger charge is -1.86. The number of fused-ring (bicyclic) bond motifs is 1. The van der Waals surface area contributed by atoms with Gasteiger partial charge >= 0.3 is 0 Å². The van der Waals surface area contributed by atoms with E-state index in [0.717, 1.165) is 16.9 Å². The average molecular weight is 152 g/mol. The first-order valence-corrected chi connectivity index (χ1v) is 3.47. The lowest BCUT2D eigenvalue weighted by molar-refractivity contribution is 0.289. The Morgan fingerprint density at radius 1 is 1.36 bits per heavy atom. The van der Waals surface area contributed by atoms with Gasteiger partial charge in [0.15, 0.2) is 11.2 Å². The Bertz CT molecular complexity index is 316. The minimum Gasteiger partial charge on any atom is -0.461 e. The van der Waals surface area contributed by atoms with Crippen LogP contribution in [0.2, 0.25) is 0 Å². The fraction of sp³-hybridized carbons (Fsp3) is 0.250. The van der Waals surface area contributed by atoms with Gasteiger partial charge in [0.25, 0.3) is 0 Å². The molecule has 0 aromatic carbocycles. The summed E-state index contributed by atoms with van der Waals surface area (Å²) in [6, 6.07) is 3.56. The van der Waals surface area contributed by atoms with Gasteiger partial charge in [-0.3, -0.25) is 0 Å². The SMILES string of the molecule is OCCc1cc2occc2o1. The van der Waals surface area contributed by atoms with E-state index in [2.05, 4.69) is 0 Å². The summed E-state index contributed by atoms with van der Waals surface area (Å²) in [4.78, 5) is 0. The van der Waals surface area contributed by atoms with Crippen LogP contribution in [0.5, 0.6) is 0 Å². The van der Waals surface area contributed by atoms with E-state index in [9.17, 15) is 0 Å². The van der Waals surface area contributed by atoms with Crippen LogP contribution in [0.3, 0.4) is 0 Å². The molecule has 2 rings (SSSR count). The van der Waals surface area contributed by atoms with E-state index in [1.54, 1.807) is 18.4 Å². The molecule has 58 valence electrons. The molecule has 0 bridgehead atoms. The number of aliphatic hydroxyl groups excluding tert-OH is 1. The van der Waals surface area contributed by atoms with Crippen molar-refractivity contribution < 1.29 is 13.9 Å². The minimum atomic E-state index is 0.107. The first kappa shape index (κ1) is 6.49. The molecule has 0 fully saturated rings. The van der Waals surface area contributed by atoms with E-state index in [1.165, 1.54) is 0 Å². The van der Waals surface area contributed by atoms with Crippen LogP contribution in [0, 0.1) is 0 Å². The lowest BCUT2D eigenvalue weighted by Crippen LogP contribution is -1.85. The van der Waals surface area contributed by atoms with Crippen LogP contribution in [0.4, 0.5) is 0 Å². The Morgan fingerprint density at radius 2 is 2.27 bits per heavy atom. The maximum atomic E-state index is 8.59. The Hall–Kier alpha value is -1.22. The molecule has 2 heterocycles. The van der Waals surface area contributed by atoms with Crippen LogP contribution in [0.1, 0.15) is 5.76 Å². The van der Waals surface area contributed by atoms with Gasteiger partial charge in [-0.1, -0.05) is 0 Å². The molecule has 0 amide bonds. The highest BCUT2D eigenvalue weighted by Gasteiger charge is 2.04. The summed E-state index contributed by atoms with van der Waals surface area (Å²) in [6.45, 7) is 0.107. The van der Waals surface area contributed by atoms with Crippen LogP contribution in [-0.4, -0.2) is 11.7 Å². The molecule has 3 heteroatoms. The zero-order valence-corrected chi connectivity index (χ0v) is 5.91. The molecule has 0 radical (unpaired) electrons. The van der Waals surface area contributed by atoms with Crippen molar-refractivity contribution in [3.8, 4) is 0 Å². The molecule has 0 saturated heterocycles. The van der Waals surface area contributed by atoms with Crippen molar-refractivity contribution in [3.05, 3.63) is 24.2 Å². The summed E-state index contributed by atoms with van der Waals surface area (Å²) < 4.78 is 10.4. The molecule has 0 spiro atoms. The predicted octanol–water partition coefficient (Wildman–Crippen LogP) is 1.56. The second kappa shape index (κ2) is 2.43. The van der Waals surface area contributed by atoms with Gasteiger partial charge in [-0.2, -0.15) is 0 Å². The normalized spacial score (nSPS) is 11.0. The van der Waals surface area contributed by atoms with Crippen LogP contribution in [0.25, 0.3) is 11.2 Å². The van der Waals surface area contributed by atoms with Crippen LogP contribution in [-0.2, 0) is 6.42 Å². The summed E-state index contributed by atoms with van der Waals surface area (Å²) >= 11 is 0.